The van der Waals surface area contributed by atoms with E-state index in [9.17, 15) is 4.79 Å². The lowest BCUT2D eigenvalue weighted by atomic mass is 10.3. The second-order valence-electron chi connectivity index (χ2n) is 4.25. The molecule has 0 radical (unpaired) electrons. The van der Waals surface area contributed by atoms with Gasteiger partial charge in [-0.15, -0.1) is 0 Å². The Bertz CT molecular complexity index is 431. The zero-order valence-corrected chi connectivity index (χ0v) is 12.5. The van der Waals surface area contributed by atoms with Crippen LogP contribution >= 0.6 is 0 Å². The smallest absolute Gasteiger partial charge is 0.239 e. The molecule has 0 heterocycles. The highest BCUT2D eigenvalue weighted by atomic mass is 16.5. The quantitative estimate of drug-likeness (QED) is 0.632. The fraction of sp³-hybridized carbons (Fsp3) is 0.500. The predicted molar refractivity (Wildman–Crippen MR) is 77.9 cm³/mol. The van der Waals surface area contributed by atoms with Crippen LogP contribution in [0, 0.1) is 0 Å². The number of rotatable bonds is 9. The molecule has 118 valence electrons. The molecule has 0 aliphatic rings. The Balaban J connectivity index is 2.40. The summed E-state index contributed by atoms with van der Waals surface area (Å²) in [5, 5.41) is 2.66. The van der Waals surface area contributed by atoms with E-state index in [-0.39, 0.29) is 12.5 Å². The van der Waals surface area contributed by atoms with Crippen LogP contribution in [0.4, 0.5) is 0 Å². The molecule has 0 aliphatic carbocycles. The maximum absolute atomic E-state index is 11.5. The molecule has 0 aromatic heterocycles. The van der Waals surface area contributed by atoms with Crippen LogP contribution < -0.4 is 25.3 Å². The highest BCUT2D eigenvalue weighted by molar-refractivity contribution is 5.81. The molecule has 3 N–H and O–H groups in total. The lowest BCUT2D eigenvalue weighted by Gasteiger charge is -2.13. The van der Waals surface area contributed by atoms with Gasteiger partial charge >= 0.3 is 0 Å². The van der Waals surface area contributed by atoms with E-state index in [1.54, 1.807) is 32.4 Å². The lowest BCUT2D eigenvalue weighted by molar-refractivity contribution is -0.123. The van der Waals surface area contributed by atoms with Crippen molar-refractivity contribution in [3.8, 4) is 17.2 Å². The predicted octanol–water partition coefficient (Wildman–Crippen LogP) is 0.173. The van der Waals surface area contributed by atoms with Crippen molar-refractivity contribution in [3.05, 3.63) is 18.2 Å². The second kappa shape index (κ2) is 9.04. The Labute approximate surface area is 124 Å². The molecule has 0 fully saturated rings. The zero-order valence-electron chi connectivity index (χ0n) is 12.5. The average Bonchev–Trinajstić information content (AvgIpc) is 2.51. The molecule has 0 aliphatic heterocycles. The van der Waals surface area contributed by atoms with Gasteiger partial charge in [-0.3, -0.25) is 4.79 Å². The number of nitrogens with one attached hydrogen (secondary N) is 1. The van der Waals surface area contributed by atoms with Crippen molar-refractivity contribution in [3.63, 3.8) is 0 Å². The normalized spacial score (nSPS) is 11.6. The van der Waals surface area contributed by atoms with Gasteiger partial charge in [0.2, 0.25) is 5.91 Å². The van der Waals surface area contributed by atoms with Crippen molar-refractivity contribution in [1.82, 2.24) is 5.32 Å². The van der Waals surface area contributed by atoms with Crippen LogP contribution in [-0.2, 0) is 9.53 Å². The van der Waals surface area contributed by atoms with E-state index in [4.69, 9.17) is 24.7 Å². The van der Waals surface area contributed by atoms with E-state index >= 15 is 0 Å². The van der Waals surface area contributed by atoms with Crippen molar-refractivity contribution in [2.75, 3.05) is 41.1 Å². The van der Waals surface area contributed by atoms with Gasteiger partial charge in [-0.25, -0.2) is 0 Å². The molecule has 1 amide bonds. The summed E-state index contributed by atoms with van der Waals surface area (Å²) >= 11 is 0. The van der Waals surface area contributed by atoms with E-state index < -0.39 is 6.04 Å². The first-order valence-corrected chi connectivity index (χ1v) is 6.48. The molecule has 0 spiro atoms. The highest BCUT2D eigenvalue weighted by Crippen LogP contribution is 2.27. The first-order valence-electron chi connectivity index (χ1n) is 6.48. The number of carbonyl (C=O) groups is 1. The Morgan fingerprint density at radius 2 is 1.71 bits per heavy atom. The molecular formula is C14H22N2O5. The molecule has 1 atom stereocenters. The maximum atomic E-state index is 11.5. The molecule has 1 aromatic carbocycles. The summed E-state index contributed by atoms with van der Waals surface area (Å²) in [6.07, 6.45) is 0. The molecule has 1 unspecified atom stereocenters. The molecule has 7 heteroatoms. The van der Waals surface area contributed by atoms with Crippen LogP contribution in [0.2, 0.25) is 0 Å². The Morgan fingerprint density at radius 3 is 2.24 bits per heavy atom. The third-order valence-electron chi connectivity index (χ3n) is 2.68. The van der Waals surface area contributed by atoms with Gasteiger partial charge in [0.15, 0.2) is 0 Å². The number of amides is 1. The minimum Gasteiger partial charge on any atom is -0.496 e. The molecule has 1 aromatic rings. The van der Waals surface area contributed by atoms with Gasteiger partial charge in [-0.05, 0) is 0 Å². The first-order chi connectivity index (χ1) is 10.1. The molecule has 0 bridgehead atoms. The van der Waals surface area contributed by atoms with Gasteiger partial charge in [0.25, 0.3) is 0 Å². The van der Waals surface area contributed by atoms with E-state index in [1.807, 2.05) is 0 Å². The van der Waals surface area contributed by atoms with E-state index in [0.717, 1.165) is 0 Å². The van der Waals surface area contributed by atoms with Crippen LogP contribution in [0.3, 0.4) is 0 Å². The average molecular weight is 298 g/mol. The number of carbonyl (C=O) groups excluding carboxylic acids is 1. The monoisotopic (exact) mass is 298 g/mol. The van der Waals surface area contributed by atoms with Gasteiger partial charge in [0.05, 0.1) is 27.4 Å². The van der Waals surface area contributed by atoms with E-state index in [0.29, 0.717) is 30.4 Å². The SMILES string of the molecule is COCC(N)C(=O)NCCOc1cc(OC)cc(OC)c1. The summed E-state index contributed by atoms with van der Waals surface area (Å²) in [6.45, 7) is 0.831. The number of hydrogen-bond acceptors (Lipinski definition) is 6. The summed E-state index contributed by atoms with van der Waals surface area (Å²) in [4.78, 5) is 11.5. The van der Waals surface area contributed by atoms with Gasteiger partial charge in [-0.1, -0.05) is 0 Å². The Morgan fingerprint density at radius 1 is 1.14 bits per heavy atom. The van der Waals surface area contributed by atoms with Gasteiger partial charge < -0.3 is 30.0 Å². The zero-order chi connectivity index (χ0) is 15.7. The molecule has 21 heavy (non-hydrogen) atoms. The summed E-state index contributed by atoms with van der Waals surface area (Å²) in [6, 6.07) is 4.55. The van der Waals surface area contributed by atoms with Crippen LogP contribution in [0.15, 0.2) is 18.2 Å². The van der Waals surface area contributed by atoms with Crippen molar-refractivity contribution >= 4 is 5.91 Å². The maximum Gasteiger partial charge on any atom is 0.239 e. The number of benzene rings is 1. The second-order valence-corrected chi connectivity index (χ2v) is 4.25. The van der Waals surface area contributed by atoms with Crippen LogP contribution in [0.1, 0.15) is 0 Å². The summed E-state index contributed by atoms with van der Waals surface area (Å²) < 4.78 is 20.6. The largest absolute Gasteiger partial charge is 0.496 e. The van der Waals surface area contributed by atoms with Gasteiger partial charge in [0, 0.05) is 25.3 Å². The fourth-order valence-corrected chi connectivity index (χ4v) is 1.59. The minimum absolute atomic E-state index is 0.180. The summed E-state index contributed by atoms with van der Waals surface area (Å²) in [5.41, 5.74) is 5.59. The number of ether oxygens (including phenoxy) is 4. The first kappa shape index (κ1) is 17.1. The van der Waals surface area contributed by atoms with Crippen LogP contribution in [0.25, 0.3) is 0 Å². The Kier molecular flexibility index (Phi) is 7.34. The van der Waals surface area contributed by atoms with Crippen molar-refractivity contribution < 1.29 is 23.7 Å². The fourth-order valence-electron chi connectivity index (χ4n) is 1.59. The van der Waals surface area contributed by atoms with E-state index in [2.05, 4.69) is 5.32 Å². The molecule has 1 rings (SSSR count). The highest BCUT2D eigenvalue weighted by Gasteiger charge is 2.12. The summed E-state index contributed by atoms with van der Waals surface area (Å²) in [5.74, 6) is 1.59. The van der Waals surface area contributed by atoms with E-state index in [1.165, 1.54) is 7.11 Å². The number of methoxy groups -OCH3 is 3. The van der Waals surface area contributed by atoms with Gasteiger partial charge in [0.1, 0.15) is 29.9 Å². The third kappa shape index (κ3) is 5.88. The van der Waals surface area contributed by atoms with Crippen LogP contribution in [-0.4, -0.2) is 53.0 Å². The van der Waals surface area contributed by atoms with Crippen molar-refractivity contribution in [2.24, 2.45) is 5.73 Å². The van der Waals surface area contributed by atoms with Gasteiger partial charge in [-0.2, -0.15) is 0 Å². The van der Waals surface area contributed by atoms with Crippen LogP contribution in [0.5, 0.6) is 17.2 Å². The Hall–Kier alpha value is -1.99. The third-order valence-corrected chi connectivity index (χ3v) is 2.68. The molecule has 7 nitrogen and oxygen atoms in total. The molecule has 0 saturated heterocycles. The number of nitrogens with two attached hydrogens (primary N) is 1. The minimum atomic E-state index is -0.674. The number of hydrogen-bond donors (Lipinski definition) is 2. The lowest BCUT2D eigenvalue weighted by Crippen LogP contribution is -2.44. The van der Waals surface area contributed by atoms with Crippen molar-refractivity contribution in [1.29, 1.82) is 0 Å². The van der Waals surface area contributed by atoms with Crippen molar-refractivity contribution in [2.45, 2.75) is 6.04 Å². The molecular weight excluding hydrogens is 276 g/mol. The standard InChI is InChI=1S/C14H22N2O5/c1-18-9-13(15)14(17)16-4-5-21-12-7-10(19-2)6-11(8-12)20-3/h6-8,13H,4-5,9,15H2,1-3H3,(H,16,17). The molecule has 0 saturated carbocycles. The summed E-state index contributed by atoms with van der Waals surface area (Å²) in [7, 11) is 4.62. The topological polar surface area (TPSA) is 92.0 Å².